The van der Waals surface area contributed by atoms with Crippen molar-refractivity contribution in [1.29, 1.82) is 0 Å². The molecule has 11 nitrogen and oxygen atoms in total. The largest absolute Gasteiger partial charge is 0.457 e. The highest BCUT2D eigenvalue weighted by Crippen LogP contribution is 2.19. The molecule has 0 saturated carbocycles. The molecular formula is C26H52O11. The zero-order valence-electron chi connectivity index (χ0n) is 22.5. The molecule has 0 aliphatic rings. The number of carbonyl (C=O) groups is 1. The van der Waals surface area contributed by atoms with Crippen LogP contribution in [0.4, 0.5) is 0 Å². The van der Waals surface area contributed by atoms with Gasteiger partial charge in [-0.1, -0.05) is 71.6 Å². The van der Waals surface area contributed by atoms with Crippen LogP contribution in [0, 0.1) is 0 Å². The SMILES string of the molecule is CCCCCCCCCCCC(CC)OC(O)C(O)C(O)C(CCO)OC(=O)C(O)C(O)C(O)CCO. The summed E-state index contributed by atoms with van der Waals surface area (Å²) in [6, 6.07) is 0. The van der Waals surface area contributed by atoms with Gasteiger partial charge in [0.15, 0.2) is 12.4 Å². The van der Waals surface area contributed by atoms with E-state index in [0.29, 0.717) is 12.8 Å². The fourth-order valence-corrected chi connectivity index (χ4v) is 4.02. The molecule has 8 N–H and O–H groups in total. The van der Waals surface area contributed by atoms with E-state index >= 15 is 0 Å². The molecule has 0 aromatic heterocycles. The summed E-state index contributed by atoms with van der Waals surface area (Å²) in [5, 5.41) is 78.7. The number of esters is 1. The van der Waals surface area contributed by atoms with E-state index in [4.69, 9.17) is 14.6 Å². The normalized spacial score (nSPS) is 18.4. The molecule has 222 valence electrons. The van der Waals surface area contributed by atoms with Crippen molar-refractivity contribution in [1.82, 2.24) is 0 Å². The molecule has 8 atom stereocenters. The zero-order valence-corrected chi connectivity index (χ0v) is 22.5. The summed E-state index contributed by atoms with van der Waals surface area (Å²) in [7, 11) is 0. The van der Waals surface area contributed by atoms with E-state index in [9.17, 15) is 40.5 Å². The van der Waals surface area contributed by atoms with Crippen molar-refractivity contribution >= 4 is 5.97 Å². The maximum Gasteiger partial charge on any atom is 0.338 e. The summed E-state index contributed by atoms with van der Waals surface area (Å²) >= 11 is 0. The zero-order chi connectivity index (χ0) is 28.2. The Morgan fingerprint density at radius 3 is 1.73 bits per heavy atom. The second-order valence-electron chi connectivity index (χ2n) is 9.66. The lowest BCUT2D eigenvalue weighted by atomic mass is 10.0. The van der Waals surface area contributed by atoms with Crippen LogP contribution in [0.5, 0.6) is 0 Å². The third-order valence-corrected chi connectivity index (χ3v) is 6.51. The van der Waals surface area contributed by atoms with Gasteiger partial charge in [-0.05, 0) is 19.3 Å². The molecule has 0 heterocycles. The standard InChI is InChI=1S/C26H52O11/c1-3-5-6-7-8-9-10-11-12-13-18(4-2)36-25(34)24(33)22(31)20(15-17-28)37-26(35)23(32)21(30)19(29)14-16-27/h18-25,27-34H,3-17H2,1-2H3. The predicted molar refractivity (Wildman–Crippen MR) is 136 cm³/mol. The van der Waals surface area contributed by atoms with Crippen LogP contribution in [0.1, 0.15) is 97.3 Å². The van der Waals surface area contributed by atoms with Crippen LogP contribution in [0.15, 0.2) is 0 Å². The Labute approximate surface area is 221 Å². The molecule has 0 radical (unpaired) electrons. The molecule has 0 spiro atoms. The number of aliphatic hydroxyl groups excluding tert-OH is 8. The van der Waals surface area contributed by atoms with E-state index in [1.807, 2.05) is 6.92 Å². The lowest BCUT2D eigenvalue weighted by molar-refractivity contribution is -0.228. The van der Waals surface area contributed by atoms with Crippen LogP contribution in [-0.4, -0.2) is 109 Å². The Balaban J connectivity index is 4.69. The first-order valence-electron chi connectivity index (χ1n) is 13.8. The van der Waals surface area contributed by atoms with Crippen LogP contribution in [-0.2, 0) is 14.3 Å². The Morgan fingerprint density at radius 1 is 0.676 bits per heavy atom. The van der Waals surface area contributed by atoms with Gasteiger partial charge >= 0.3 is 5.97 Å². The average Bonchev–Trinajstić information content (AvgIpc) is 2.89. The smallest absolute Gasteiger partial charge is 0.338 e. The molecule has 11 heteroatoms. The topological polar surface area (TPSA) is 197 Å². The predicted octanol–water partition coefficient (Wildman–Crippen LogP) is 0.502. The van der Waals surface area contributed by atoms with Gasteiger partial charge < -0.3 is 50.3 Å². The van der Waals surface area contributed by atoms with Gasteiger partial charge in [0, 0.05) is 19.6 Å². The molecule has 0 saturated heterocycles. The molecule has 0 aromatic carbocycles. The van der Waals surface area contributed by atoms with Crippen LogP contribution >= 0.6 is 0 Å². The van der Waals surface area contributed by atoms with Crippen molar-refractivity contribution in [2.75, 3.05) is 13.2 Å². The van der Waals surface area contributed by atoms with Crippen LogP contribution in [0.3, 0.4) is 0 Å². The number of rotatable bonds is 24. The van der Waals surface area contributed by atoms with Gasteiger partial charge in [-0.3, -0.25) is 0 Å². The summed E-state index contributed by atoms with van der Waals surface area (Å²) in [4.78, 5) is 12.2. The van der Waals surface area contributed by atoms with E-state index in [2.05, 4.69) is 6.92 Å². The summed E-state index contributed by atoms with van der Waals surface area (Å²) in [5.74, 6) is -1.42. The molecule has 8 unspecified atom stereocenters. The maximum atomic E-state index is 12.2. The van der Waals surface area contributed by atoms with E-state index in [-0.39, 0.29) is 18.9 Å². The Morgan fingerprint density at radius 2 is 1.22 bits per heavy atom. The fraction of sp³-hybridized carbons (Fsp3) is 0.962. The lowest BCUT2D eigenvalue weighted by Crippen LogP contribution is -2.50. The molecule has 0 fully saturated rings. The Hall–Kier alpha value is -0.890. The number of ether oxygens (including phenoxy) is 2. The quantitative estimate of drug-likeness (QED) is 0.0482. The van der Waals surface area contributed by atoms with E-state index in [0.717, 1.165) is 19.3 Å². The third kappa shape index (κ3) is 15.3. The number of hydrogen-bond donors (Lipinski definition) is 8. The molecule has 37 heavy (non-hydrogen) atoms. The molecule has 0 amide bonds. The molecule has 0 aromatic rings. The van der Waals surface area contributed by atoms with Crippen LogP contribution in [0.2, 0.25) is 0 Å². The average molecular weight is 541 g/mol. The van der Waals surface area contributed by atoms with Crippen molar-refractivity contribution in [3.05, 3.63) is 0 Å². The minimum absolute atomic E-state index is 0.298. The molecule has 0 rings (SSSR count). The van der Waals surface area contributed by atoms with Crippen LogP contribution in [0.25, 0.3) is 0 Å². The lowest BCUT2D eigenvalue weighted by Gasteiger charge is -2.31. The maximum absolute atomic E-state index is 12.2. The second kappa shape index (κ2) is 22.0. The molecular weight excluding hydrogens is 488 g/mol. The molecule has 0 aliphatic heterocycles. The summed E-state index contributed by atoms with van der Waals surface area (Å²) < 4.78 is 10.5. The first-order chi connectivity index (χ1) is 17.6. The highest BCUT2D eigenvalue weighted by Gasteiger charge is 2.38. The van der Waals surface area contributed by atoms with Gasteiger partial charge in [0.1, 0.15) is 24.4 Å². The van der Waals surface area contributed by atoms with E-state index in [1.165, 1.54) is 38.5 Å². The molecule has 0 aliphatic carbocycles. The number of carbonyl (C=O) groups excluding carboxylic acids is 1. The van der Waals surface area contributed by atoms with Crippen molar-refractivity contribution in [2.24, 2.45) is 0 Å². The summed E-state index contributed by atoms with van der Waals surface area (Å²) in [6.45, 7) is 3.02. The first-order valence-corrected chi connectivity index (χ1v) is 13.8. The van der Waals surface area contributed by atoms with Crippen molar-refractivity contribution in [2.45, 2.75) is 146 Å². The molecule has 0 bridgehead atoms. The number of aliphatic hydroxyl groups is 8. The monoisotopic (exact) mass is 540 g/mol. The first kappa shape index (κ1) is 36.1. The number of unbranched alkanes of at least 4 members (excludes halogenated alkanes) is 8. The Kier molecular flexibility index (Phi) is 21.5. The van der Waals surface area contributed by atoms with E-state index < -0.39 is 62.1 Å². The Bertz CT molecular complexity index is 551. The van der Waals surface area contributed by atoms with E-state index in [1.54, 1.807) is 0 Å². The second-order valence-corrected chi connectivity index (χ2v) is 9.66. The summed E-state index contributed by atoms with van der Waals surface area (Å²) in [6.07, 6.45) is -2.08. The highest BCUT2D eigenvalue weighted by atomic mass is 16.6. The van der Waals surface area contributed by atoms with Gasteiger partial charge in [0.2, 0.25) is 0 Å². The van der Waals surface area contributed by atoms with Gasteiger partial charge in [0.05, 0.1) is 12.2 Å². The number of hydrogen-bond acceptors (Lipinski definition) is 11. The van der Waals surface area contributed by atoms with Gasteiger partial charge in [-0.2, -0.15) is 0 Å². The van der Waals surface area contributed by atoms with Gasteiger partial charge in [-0.25, -0.2) is 4.79 Å². The fourth-order valence-electron chi connectivity index (χ4n) is 4.02. The van der Waals surface area contributed by atoms with Gasteiger partial charge in [0.25, 0.3) is 0 Å². The van der Waals surface area contributed by atoms with Crippen LogP contribution < -0.4 is 0 Å². The van der Waals surface area contributed by atoms with Crippen molar-refractivity contribution < 1.29 is 55.1 Å². The summed E-state index contributed by atoms with van der Waals surface area (Å²) in [5.41, 5.74) is 0. The minimum atomic E-state index is -2.20. The van der Waals surface area contributed by atoms with Gasteiger partial charge in [-0.15, -0.1) is 0 Å². The van der Waals surface area contributed by atoms with Crippen molar-refractivity contribution in [3.63, 3.8) is 0 Å². The highest BCUT2D eigenvalue weighted by molar-refractivity contribution is 5.75. The third-order valence-electron chi connectivity index (χ3n) is 6.51. The minimum Gasteiger partial charge on any atom is -0.457 e. The van der Waals surface area contributed by atoms with Crippen molar-refractivity contribution in [3.8, 4) is 0 Å².